The first-order valence-electron chi connectivity index (χ1n) is 9.09. The number of benzene rings is 2. The highest BCUT2D eigenvalue weighted by molar-refractivity contribution is 6.06. The fraction of sp³-hybridized carbons (Fsp3) is 0.304. The minimum absolute atomic E-state index is 0.0512. The van der Waals surface area contributed by atoms with Crippen LogP contribution in [0.5, 0.6) is 11.5 Å². The number of methoxy groups -OCH3 is 1. The van der Waals surface area contributed by atoms with Gasteiger partial charge in [-0.3, -0.25) is 9.59 Å². The Morgan fingerprint density at radius 1 is 1.04 bits per heavy atom. The molecule has 0 fully saturated rings. The average Bonchev–Trinajstić information content (AvgIpc) is 2.69. The molecule has 2 aromatic carbocycles. The van der Waals surface area contributed by atoms with Gasteiger partial charge in [-0.05, 0) is 34.8 Å². The number of likely N-dealkylation sites (N-methyl/N-ethyl adjacent to an activating group) is 1. The van der Waals surface area contributed by atoms with Crippen molar-refractivity contribution in [3.05, 3.63) is 65.2 Å². The highest BCUT2D eigenvalue weighted by Gasteiger charge is 2.13. The highest BCUT2D eigenvalue weighted by atomic mass is 16.5. The number of hydrogen-bond donors (Lipinski definition) is 1. The van der Waals surface area contributed by atoms with Crippen LogP contribution in [0.1, 0.15) is 42.3 Å². The van der Waals surface area contributed by atoms with E-state index in [9.17, 15) is 9.59 Å². The largest absolute Gasteiger partial charge is 0.493 e. The van der Waals surface area contributed by atoms with E-state index in [0.29, 0.717) is 17.1 Å². The van der Waals surface area contributed by atoms with Crippen LogP contribution < -0.4 is 14.8 Å². The summed E-state index contributed by atoms with van der Waals surface area (Å²) >= 11 is 0. The first-order valence-corrected chi connectivity index (χ1v) is 9.09. The third kappa shape index (κ3) is 5.71. The lowest BCUT2D eigenvalue weighted by atomic mass is 9.86. The van der Waals surface area contributed by atoms with Crippen LogP contribution in [0.15, 0.2) is 48.5 Å². The maximum Gasteiger partial charge on any atom is 0.257 e. The monoisotopic (exact) mass is 381 g/mol. The quantitative estimate of drug-likeness (QED) is 0.581. The number of ketones is 1. The van der Waals surface area contributed by atoms with Gasteiger partial charge in [-0.1, -0.05) is 57.2 Å². The molecule has 1 amide bonds. The van der Waals surface area contributed by atoms with Gasteiger partial charge in [-0.2, -0.15) is 0 Å². The molecule has 0 saturated heterocycles. The predicted octanol–water partition coefficient (Wildman–Crippen LogP) is 4.01. The van der Waals surface area contributed by atoms with Gasteiger partial charge < -0.3 is 14.8 Å². The molecule has 0 heterocycles. The molecule has 0 atom stereocenters. The Bertz CT molecular complexity index is 861. The zero-order chi connectivity index (χ0) is 20.7. The van der Waals surface area contributed by atoms with Crippen molar-refractivity contribution in [2.45, 2.75) is 26.2 Å². The Balaban J connectivity index is 2.10. The molecule has 0 bridgehead atoms. The lowest BCUT2D eigenvalue weighted by Crippen LogP contribution is -2.24. The first kappa shape index (κ1) is 21.2. The second kappa shape index (κ2) is 9.22. The third-order valence-electron chi connectivity index (χ3n) is 4.29. The standard InChI is InChI=1S/C23H27NO4/c1-23(2,3)18-10-8-17(9-11-18)19(25)12-6-16-7-13-20(21(14-16)27-5)28-15-22(26)24-4/h6-14H,15H2,1-5H3,(H,24,26)/b12-6+. The summed E-state index contributed by atoms with van der Waals surface area (Å²) in [5.41, 5.74) is 2.67. The Morgan fingerprint density at radius 3 is 2.29 bits per heavy atom. The summed E-state index contributed by atoms with van der Waals surface area (Å²) in [5.74, 6) is 0.661. The van der Waals surface area contributed by atoms with Gasteiger partial charge in [0.2, 0.25) is 0 Å². The van der Waals surface area contributed by atoms with E-state index in [1.54, 1.807) is 31.3 Å². The molecule has 0 aromatic heterocycles. The van der Waals surface area contributed by atoms with Crippen LogP contribution in [0.4, 0.5) is 0 Å². The van der Waals surface area contributed by atoms with Gasteiger partial charge in [0.15, 0.2) is 23.9 Å². The van der Waals surface area contributed by atoms with Crippen molar-refractivity contribution in [1.82, 2.24) is 5.32 Å². The second-order valence-corrected chi connectivity index (χ2v) is 7.40. The molecule has 0 aliphatic carbocycles. The van der Waals surface area contributed by atoms with Crippen LogP contribution in [0, 0.1) is 0 Å². The van der Waals surface area contributed by atoms with Crippen molar-refractivity contribution in [3.63, 3.8) is 0 Å². The number of hydrogen-bond acceptors (Lipinski definition) is 4. The van der Waals surface area contributed by atoms with Crippen LogP contribution >= 0.6 is 0 Å². The van der Waals surface area contributed by atoms with Gasteiger partial charge in [0.05, 0.1) is 7.11 Å². The molecule has 0 saturated carbocycles. The van der Waals surface area contributed by atoms with Crippen molar-refractivity contribution >= 4 is 17.8 Å². The van der Waals surface area contributed by atoms with Crippen LogP contribution in [-0.2, 0) is 10.2 Å². The van der Waals surface area contributed by atoms with Crippen LogP contribution in [0.3, 0.4) is 0 Å². The van der Waals surface area contributed by atoms with Crippen molar-refractivity contribution in [2.75, 3.05) is 20.8 Å². The number of carbonyl (C=O) groups excluding carboxylic acids is 2. The fourth-order valence-corrected chi connectivity index (χ4v) is 2.53. The van der Waals surface area contributed by atoms with Crippen molar-refractivity contribution in [1.29, 1.82) is 0 Å². The highest BCUT2D eigenvalue weighted by Crippen LogP contribution is 2.28. The van der Waals surface area contributed by atoms with E-state index in [2.05, 4.69) is 26.1 Å². The SMILES string of the molecule is CNC(=O)COc1ccc(/C=C/C(=O)c2ccc(C(C)(C)C)cc2)cc1OC. The summed E-state index contributed by atoms with van der Waals surface area (Å²) in [6.45, 7) is 6.32. The molecule has 2 rings (SSSR count). The zero-order valence-corrected chi connectivity index (χ0v) is 17.0. The number of ether oxygens (including phenoxy) is 2. The molecule has 2 aromatic rings. The Labute approximate surface area is 166 Å². The normalized spacial score (nSPS) is 11.3. The van der Waals surface area contributed by atoms with E-state index in [-0.39, 0.29) is 23.7 Å². The van der Waals surface area contributed by atoms with Gasteiger partial charge >= 0.3 is 0 Å². The van der Waals surface area contributed by atoms with Crippen molar-refractivity contribution < 1.29 is 19.1 Å². The van der Waals surface area contributed by atoms with E-state index in [1.165, 1.54) is 18.7 Å². The van der Waals surface area contributed by atoms with Gasteiger partial charge in [-0.15, -0.1) is 0 Å². The van der Waals surface area contributed by atoms with E-state index in [0.717, 1.165) is 5.56 Å². The van der Waals surface area contributed by atoms with E-state index in [1.807, 2.05) is 24.3 Å². The van der Waals surface area contributed by atoms with Crippen LogP contribution in [0.25, 0.3) is 6.08 Å². The summed E-state index contributed by atoms with van der Waals surface area (Å²) in [5, 5.41) is 2.49. The molecule has 28 heavy (non-hydrogen) atoms. The predicted molar refractivity (Wildman–Crippen MR) is 111 cm³/mol. The molecular formula is C23H27NO4. The number of nitrogens with one attached hydrogen (secondary N) is 1. The van der Waals surface area contributed by atoms with E-state index >= 15 is 0 Å². The average molecular weight is 381 g/mol. The summed E-state index contributed by atoms with van der Waals surface area (Å²) in [4.78, 5) is 23.7. The number of amides is 1. The summed E-state index contributed by atoms with van der Waals surface area (Å²) in [7, 11) is 3.07. The minimum atomic E-state index is -0.228. The zero-order valence-electron chi connectivity index (χ0n) is 17.0. The summed E-state index contributed by atoms with van der Waals surface area (Å²) < 4.78 is 10.8. The topological polar surface area (TPSA) is 64.6 Å². The number of allylic oxidation sites excluding steroid dienone is 1. The van der Waals surface area contributed by atoms with Gasteiger partial charge in [0.1, 0.15) is 0 Å². The lowest BCUT2D eigenvalue weighted by molar-refractivity contribution is -0.122. The first-order chi connectivity index (χ1) is 13.2. The molecule has 0 spiro atoms. The Kier molecular flexibility index (Phi) is 6.99. The van der Waals surface area contributed by atoms with Crippen LogP contribution in [-0.4, -0.2) is 32.5 Å². The Hall–Kier alpha value is -3.08. The third-order valence-corrected chi connectivity index (χ3v) is 4.29. The number of carbonyl (C=O) groups is 2. The van der Waals surface area contributed by atoms with E-state index < -0.39 is 0 Å². The molecule has 148 valence electrons. The van der Waals surface area contributed by atoms with E-state index in [4.69, 9.17) is 9.47 Å². The molecular weight excluding hydrogens is 354 g/mol. The minimum Gasteiger partial charge on any atom is -0.493 e. The molecule has 0 unspecified atom stereocenters. The molecule has 5 heteroatoms. The maximum absolute atomic E-state index is 12.4. The van der Waals surface area contributed by atoms with Gasteiger partial charge in [0.25, 0.3) is 5.91 Å². The van der Waals surface area contributed by atoms with Gasteiger partial charge in [0, 0.05) is 12.6 Å². The molecule has 1 N–H and O–H groups in total. The lowest BCUT2D eigenvalue weighted by Gasteiger charge is -2.18. The molecule has 0 aliphatic rings. The van der Waals surface area contributed by atoms with Crippen molar-refractivity contribution in [2.24, 2.45) is 0 Å². The fourth-order valence-electron chi connectivity index (χ4n) is 2.53. The number of rotatable bonds is 7. The molecule has 5 nitrogen and oxygen atoms in total. The van der Waals surface area contributed by atoms with Gasteiger partial charge in [-0.25, -0.2) is 0 Å². The smallest absolute Gasteiger partial charge is 0.257 e. The van der Waals surface area contributed by atoms with Crippen molar-refractivity contribution in [3.8, 4) is 11.5 Å². The summed E-state index contributed by atoms with van der Waals surface area (Å²) in [6, 6.07) is 12.9. The Morgan fingerprint density at radius 2 is 1.71 bits per heavy atom. The molecule has 0 aliphatic heterocycles. The molecule has 0 radical (unpaired) electrons. The second-order valence-electron chi connectivity index (χ2n) is 7.40. The summed E-state index contributed by atoms with van der Waals surface area (Å²) in [6.07, 6.45) is 3.26. The maximum atomic E-state index is 12.4. The van der Waals surface area contributed by atoms with Crippen LogP contribution in [0.2, 0.25) is 0 Å².